The SMILES string of the molecule is COc1cccc(-c2nnc(SCC(=O)Nc3cc(C)nn3C)n2-c2ccc(Cl)cc2)c1. The Balaban J connectivity index is 1.63. The second kappa shape index (κ2) is 9.46. The zero-order chi connectivity index (χ0) is 22.7. The van der Waals surface area contributed by atoms with Crippen LogP contribution in [0.1, 0.15) is 5.69 Å². The van der Waals surface area contributed by atoms with Gasteiger partial charge in [0.15, 0.2) is 11.0 Å². The Kier molecular flexibility index (Phi) is 6.48. The van der Waals surface area contributed by atoms with Gasteiger partial charge in [0, 0.05) is 29.4 Å². The first-order chi connectivity index (χ1) is 15.4. The van der Waals surface area contributed by atoms with Crippen LogP contribution in [0.5, 0.6) is 5.75 Å². The lowest BCUT2D eigenvalue weighted by atomic mass is 10.2. The van der Waals surface area contributed by atoms with Crippen molar-refractivity contribution in [3.63, 3.8) is 0 Å². The third kappa shape index (κ3) is 4.79. The second-order valence-electron chi connectivity index (χ2n) is 6.98. The first-order valence-corrected chi connectivity index (χ1v) is 11.1. The fourth-order valence-corrected chi connectivity index (χ4v) is 4.05. The van der Waals surface area contributed by atoms with E-state index in [2.05, 4.69) is 20.6 Å². The third-order valence-corrected chi connectivity index (χ3v) is 5.83. The van der Waals surface area contributed by atoms with Crippen molar-refractivity contribution in [2.24, 2.45) is 7.05 Å². The topological polar surface area (TPSA) is 86.9 Å². The highest BCUT2D eigenvalue weighted by Gasteiger charge is 2.18. The van der Waals surface area contributed by atoms with Crippen LogP contribution in [0.2, 0.25) is 5.02 Å². The largest absolute Gasteiger partial charge is 0.497 e. The summed E-state index contributed by atoms with van der Waals surface area (Å²) in [6.45, 7) is 1.87. The summed E-state index contributed by atoms with van der Waals surface area (Å²) in [5, 5.41) is 17.1. The van der Waals surface area contributed by atoms with Crippen molar-refractivity contribution in [3.05, 3.63) is 65.3 Å². The zero-order valence-electron chi connectivity index (χ0n) is 17.7. The fourth-order valence-electron chi connectivity index (χ4n) is 3.17. The van der Waals surface area contributed by atoms with Gasteiger partial charge in [-0.15, -0.1) is 10.2 Å². The Morgan fingerprint density at radius 2 is 1.94 bits per heavy atom. The van der Waals surface area contributed by atoms with Crippen molar-refractivity contribution < 1.29 is 9.53 Å². The molecule has 4 aromatic rings. The van der Waals surface area contributed by atoms with E-state index in [4.69, 9.17) is 16.3 Å². The molecule has 0 fully saturated rings. The molecular formula is C22H21ClN6O2S. The van der Waals surface area contributed by atoms with E-state index in [0.717, 1.165) is 16.9 Å². The molecule has 0 radical (unpaired) electrons. The van der Waals surface area contributed by atoms with E-state index in [9.17, 15) is 4.79 Å². The van der Waals surface area contributed by atoms with Gasteiger partial charge in [0.25, 0.3) is 0 Å². The Bertz CT molecular complexity index is 1250. The molecule has 2 aromatic heterocycles. The predicted octanol–water partition coefficient (Wildman–Crippen LogP) is 4.37. The molecule has 0 bridgehead atoms. The van der Waals surface area contributed by atoms with E-state index in [1.54, 1.807) is 31.0 Å². The number of ether oxygens (including phenoxy) is 1. The number of methoxy groups -OCH3 is 1. The minimum Gasteiger partial charge on any atom is -0.497 e. The Hall–Kier alpha value is -3.30. The number of amides is 1. The molecule has 0 unspecified atom stereocenters. The molecule has 32 heavy (non-hydrogen) atoms. The van der Waals surface area contributed by atoms with Crippen LogP contribution in [0.15, 0.2) is 59.8 Å². The minimum absolute atomic E-state index is 0.161. The fraction of sp³-hybridized carbons (Fsp3) is 0.182. The molecule has 1 amide bonds. The highest BCUT2D eigenvalue weighted by molar-refractivity contribution is 7.99. The normalized spacial score (nSPS) is 10.9. The highest BCUT2D eigenvalue weighted by atomic mass is 35.5. The van der Waals surface area contributed by atoms with E-state index >= 15 is 0 Å². The number of hydrogen-bond donors (Lipinski definition) is 1. The molecule has 164 valence electrons. The van der Waals surface area contributed by atoms with Crippen LogP contribution in [-0.2, 0) is 11.8 Å². The van der Waals surface area contributed by atoms with E-state index < -0.39 is 0 Å². The lowest BCUT2D eigenvalue weighted by Gasteiger charge is -2.11. The van der Waals surface area contributed by atoms with Gasteiger partial charge in [-0.1, -0.05) is 35.5 Å². The van der Waals surface area contributed by atoms with Crippen LogP contribution >= 0.6 is 23.4 Å². The van der Waals surface area contributed by atoms with Crippen molar-refractivity contribution in [1.82, 2.24) is 24.5 Å². The summed E-state index contributed by atoms with van der Waals surface area (Å²) in [7, 11) is 3.40. The molecule has 4 rings (SSSR count). The molecule has 2 aromatic carbocycles. The van der Waals surface area contributed by atoms with Crippen molar-refractivity contribution in [2.45, 2.75) is 12.1 Å². The first-order valence-electron chi connectivity index (χ1n) is 9.73. The maximum atomic E-state index is 12.5. The number of thioether (sulfide) groups is 1. The summed E-state index contributed by atoms with van der Waals surface area (Å²) in [6.07, 6.45) is 0. The molecular weight excluding hydrogens is 448 g/mol. The van der Waals surface area contributed by atoms with E-state index in [1.807, 2.05) is 54.0 Å². The molecule has 0 aliphatic heterocycles. The standard InChI is InChI=1S/C22H21ClN6O2S/c1-14-11-19(28(2)27-14)24-20(30)13-32-22-26-25-21(15-5-4-6-18(12-15)31-3)29(22)17-9-7-16(23)8-10-17/h4-12H,13H2,1-3H3,(H,24,30). The number of rotatable bonds is 7. The number of carbonyl (C=O) groups is 1. The molecule has 0 saturated carbocycles. The van der Waals surface area contributed by atoms with Crippen LogP contribution in [0.4, 0.5) is 5.82 Å². The van der Waals surface area contributed by atoms with Gasteiger partial charge >= 0.3 is 0 Å². The van der Waals surface area contributed by atoms with Crippen molar-refractivity contribution >= 4 is 35.1 Å². The van der Waals surface area contributed by atoms with E-state index in [1.165, 1.54) is 11.8 Å². The van der Waals surface area contributed by atoms with Gasteiger partial charge in [-0.3, -0.25) is 14.0 Å². The Labute approximate surface area is 194 Å². The van der Waals surface area contributed by atoms with Crippen LogP contribution < -0.4 is 10.1 Å². The van der Waals surface area contributed by atoms with Gasteiger partial charge in [-0.25, -0.2) is 0 Å². The summed E-state index contributed by atoms with van der Waals surface area (Å²) >= 11 is 7.38. The summed E-state index contributed by atoms with van der Waals surface area (Å²) in [5.41, 5.74) is 2.51. The van der Waals surface area contributed by atoms with E-state index in [-0.39, 0.29) is 11.7 Å². The molecule has 2 heterocycles. The van der Waals surface area contributed by atoms with Gasteiger partial charge in [-0.2, -0.15) is 5.10 Å². The number of nitrogens with zero attached hydrogens (tertiary/aromatic N) is 5. The minimum atomic E-state index is -0.161. The molecule has 8 nitrogen and oxygen atoms in total. The highest BCUT2D eigenvalue weighted by Crippen LogP contribution is 2.30. The maximum absolute atomic E-state index is 12.5. The quantitative estimate of drug-likeness (QED) is 0.405. The number of hydrogen-bond acceptors (Lipinski definition) is 6. The van der Waals surface area contributed by atoms with Gasteiger partial charge in [-0.05, 0) is 43.3 Å². The average Bonchev–Trinajstić information content (AvgIpc) is 3.35. The average molecular weight is 469 g/mol. The first kappa shape index (κ1) is 21.9. The van der Waals surface area contributed by atoms with Crippen LogP contribution in [-0.4, -0.2) is 43.3 Å². The molecule has 0 spiro atoms. The molecule has 1 N–H and O–H groups in total. The Morgan fingerprint density at radius 1 is 1.16 bits per heavy atom. The summed E-state index contributed by atoms with van der Waals surface area (Å²) < 4.78 is 8.89. The zero-order valence-corrected chi connectivity index (χ0v) is 19.3. The molecule has 0 saturated heterocycles. The third-order valence-electron chi connectivity index (χ3n) is 4.65. The number of nitrogens with one attached hydrogen (secondary N) is 1. The maximum Gasteiger partial charge on any atom is 0.235 e. The number of anilines is 1. The number of carbonyl (C=O) groups excluding carboxylic acids is 1. The monoisotopic (exact) mass is 468 g/mol. The summed E-state index contributed by atoms with van der Waals surface area (Å²) in [6, 6.07) is 16.8. The lowest BCUT2D eigenvalue weighted by molar-refractivity contribution is -0.113. The van der Waals surface area contributed by atoms with E-state index in [0.29, 0.717) is 27.6 Å². The number of aromatic nitrogens is 5. The summed E-state index contributed by atoms with van der Waals surface area (Å²) in [5.74, 6) is 1.99. The van der Waals surface area contributed by atoms with Crippen LogP contribution in [0.3, 0.4) is 0 Å². The van der Waals surface area contributed by atoms with Gasteiger partial charge in [0.1, 0.15) is 11.6 Å². The molecule has 0 atom stereocenters. The number of aryl methyl sites for hydroxylation is 2. The predicted molar refractivity (Wildman–Crippen MR) is 126 cm³/mol. The van der Waals surface area contributed by atoms with Crippen LogP contribution in [0, 0.1) is 6.92 Å². The second-order valence-corrected chi connectivity index (χ2v) is 8.36. The molecule has 10 heteroatoms. The van der Waals surface area contributed by atoms with Crippen molar-refractivity contribution in [3.8, 4) is 22.8 Å². The smallest absolute Gasteiger partial charge is 0.235 e. The van der Waals surface area contributed by atoms with Crippen LogP contribution in [0.25, 0.3) is 17.1 Å². The lowest BCUT2D eigenvalue weighted by Crippen LogP contribution is -2.16. The molecule has 0 aliphatic carbocycles. The van der Waals surface area contributed by atoms with Gasteiger partial charge in [0.05, 0.1) is 18.6 Å². The summed E-state index contributed by atoms with van der Waals surface area (Å²) in [4.78, 5) is 12.5. The van der Waals surface area contributed by atoms with Crippen molar-refractivity contribution in [1.29, 1.82) is 0 Å². The van der Waals surface area contributed by atoms with Crippen molar-refractivity contribution in [2.75, 3.05) is 18.2 Å². The van der Waals surface area contributed by atoms with Gasteiger partial charge < -0.3 is 10.1 Å². The number of halogens is 1. The van der Waals surface area contributed by atoms with Gasteiger partial charge in [0.2, 0.25) is 5.91 Å². The Morgan fingerprint density at radius 3 is 2.62 bits per heavy atom. The number of benzene rings is 2. The molecule has 0 aliphatic rings.